The molecule has 0 aromatic heterocycles. The fraction of sp³-hybridized carbons (Fsp3) is 0.895. The number of rotatable bonds is 16. The molecule has 3 saturated carbocycles. The minimum atomic E-state index is -6.12. The first-order valence-corrected chi connectivity index (χ1v) is 18.9. The van der Waals surface area contributed by atoms with Crippen LogP contribution in [-0.4, -0.2) is 70.9 Å². The molecule has 1 saturated heterocycles. The maximum absolute atomic E-state index is 14.5. The predicted octanol–water partition coefficient (Wildman–Crippen LogP) is 8.18. The molecule has 0 radical (unpaired) electrons. The molecule has 4 fully saturated rings. The van der Waals surface area contributed by atoms with Gasteiger partial charge < -0.3 is 24.1 Å². The third kappa shape index (κ3) is 8.49. The van der Waals surface area contributed by atoms with Gasteiger partial charge in [0.2, 0.25) is 0 Å². The fourth-order valence-electron chi connectivity index (χ4n) is 9.39. The predicted molar refractivity (Wildman–Crippen MR) is 178 cm³/mol. The van der Waals surface area contributed by atoms with E-state index in [1.54, 1.807) is 13.8 Å². The molecule has 1 N–H and O–H groups in total. The number of esters is 4. The molecule has 0 aromatic carbocycles. The van der Waals surface area contributed by atoms with Gasteiger partial charge in [-0.1, -0.05) is 27.7 Å². The van der Waals surface area contributed by atoms with Crippen molar-refractivity contribution in [3.8, 4) is 0 Å². The van der Waals surface area contributed by atoms with Crippen LogP contribution in [-0.2, 0) is 38.1 Å². The van der Waals surface area contributed by atoms with Gasteiger partial charge in [0.1, 0.15) is 23.9 Å². The standard InChI is InChI=1S/C38H56F6O9/c1-9-33(7,31(48)53-35(10-2)13-11-12-14-35)20-34(8,30(47)52-26-22-16-24-25(17-22)28(45)51-27(24)26)19-32(5,6)29(46)50-23(15-21(3)4)18-36(49,37(39,40)41)38(42,43)44/h21-27,49H,9-20H2,1-8H3. The Morgan fingerprint density at radius 1 is 0.887 bits per heavy atom. The molecule has 15 heteroatoms. The summed E-state index contributed by atoms with van der Waals surface area (Å²) in [6.07, 6.45) is -13.5. The van der Waals surface area contributed by atoms with E-state index < -0.39 is 94.8 Å². The van der Waals surface area contributed by atoms with Crippen LogP contribution in [0.5, 0.6) is 0 Å². The molecule has 0 spiro atoms. The van der Waals surface area contributed by atoms with Gasteiger partial charge in [0, 0.05) is 18.3 Å². The van der Waals surface area contributed by atoms with Crippen LogP contribution in [0.25, 0.3) is 0 Å². The van der Waals surface area contributed by atoms with E-state index in [4.69, 9.17) is 18.9 Å². The average molecular weight is 771 g/mol. The summed E-state index contributed by atoms with van der Waals surface area (Å²) in [5, 5.41) is 9.95. The monoisotopic (exact) mass is 770 g/mol. The van der Waals surface area contributed by atoms with E-state index in [0.717, 1.165) is 12.8 Å². The number of aliphatic hydroxyl groups is 1. The van der Waals surface area contributed by atoms with Gasteiger partial charge in [-0.15, -0.1) is 0 Å². The Hall–Kier alpha value is -2.58. The van der Waals surface area contributed by atoms with Gasteiger partial charge in [0.25, 0.3) is 5.60 Å². The molecule has 2 bridgehead atoms. The van der Waals surface area contributed by atoms with E-state index in [2.05, 4.69) is 0 Å². The van der Waals surface area contributed by atoms with Crippen molar-refractivity contribution < 1.29 is 69.6 Å². The molecule has 1 heterocycles. The summed E-state index contributed by atoms with van der Waals surface area (Å²) in [5.41, 5.74) is -10.5. The van der Waals surface area contributed by atoms with Gasteiger partial charge in [0.05, 0.1) is 22.2 Å². The first-order chi connectivity index (χ1) is 24.2. The minimum absolute atomic E-state index is 0.0968. The summed E-state index contributed by atoms with van der Waals surface area (Å²) >= 11 is 0. The zero-order chi connectivity index (χ0) is 40.2. The molecule has 53 heavy (non-hydrogen) atoms. The SMILES string of the molecule is CCC1(OC(=O)C(C)(CC)CC(C)(CC(C)(C)C(=O)OC(CC(C)C)CC(O)(C(F)(F)F)C(F)(F)F)C(=O)OC2C3CC4C(=O)OC2C4C3)CCCC1. The van der Waals surface area contributed by atoms with Crippen molar-refractivity contribution in [2.24, 2.45) is 39.9 Å². The van der Waals surface area contributed by atoms with Gasteiger partial charge in [-0.3, -0.25) is 19.2 Å². The van der Waals surface area contributed by atoms with E-state index in [-0.39, 0.29) is 43.0 Å². The number of hydrogen-bond acceptors (Lipinski definition) is 9. The highest BCUT2D eigenvalue weighted by molar-refractivity contribution is 5.83. The van der Waals surface area contributed by atoms with E-state index in [1.807, 2.05) is 6.92 Å². The molecule has 3 aliphatic carbocycles. The zero-order valence-electron chi connectivity index (χ0n) is 32.0. The summed E-state index contributed by atoms with van der Waals surface area (Å²) < 4.78 is 105. The van der Waals surface area contributed by atoms with Gasteiger partial charge in [0.15, 0.2) is 0 Å². The highest BCUT2D eigenvalue weighted by atomic mass is 19.4. The molecule has 8 unspecified atom stereocenters. The summed E-state index contributed by atoms with van der Waals surface area (Å²) in [7, 11) is 0. The second kappa shape index (κ2) is 14.8. The third-order valence-electron chi connectivity index (χ3n) is 12.5. The first kappa shape index (κ1) is 43.2. The zero-order valence-corrected chi connectivity index (χ0v) is 32.0. The van der Waals surface area contributed by atoms with Crippen LogP contribution in [0.1, 0.15) is 132 Å². The Morgan fingerprint density at radius 2 is 1.47 bits per heavy atom. The molecule has 4 rings (SSSR count). The van der Waals surface area contributed by atoms with E-state index >= 15 is 0 Å². The van der Waals surface area contributed by atoms with E-state index in [0.29, 0.717) is 32.1 Å². The topological polar surface area (TPSA) is 125 Å². The Kier molecular flexibility index (Phi) is 12.1. The number of carbonyl (C=O) groups is 4. The lowest BCUT2D eigenvalue weighted by atomic mass is 9.65. The second-order valence-electron chi connectivity index (χ2n) is 17.8. The summed E-state index contributed by atoms with van der Waals surface area (Å²) in [6.45, 7) is 12.6. The van der Waals surface area contributed by atoms with E-state index in [9.17, 15) is 50.6 Å². The smallest absolute Gasteiger partial charge is 0.426 e. The maximum atomic E-state index is 14.5. The number of fused-ring (bicyclic) bond motifs is 1. The lowest BCUT2D eigenvalue weighted by Gasteiger charge is -2.42. The number of halogens is 6. The Balaban J connectivity index is 1.64. The third-order valence-corrected chi connectivity index (χ3v) is 12.5. The Morgan fingerprint density at radius 3 is 1.98 bits per heavy atom. The van der Waals surface area contributed by atoms with Crippen molar-refractivity contribution in [2.75, 3.05) is 0 Å². The van der Waals surface area contributed by atoms with Crippen molar-refractivity contribution in [1.82, 2.24) is 0 Å². The lowest BCUT2D eigenvalue weighted by Crippen LogP contribution is -2.59. The molecular formula is C38H56F6O9. The van der Waals surface area contributed by atoms with Crippen LogP contribution < -0.4 is 0 Å². The lowest BCUT2D eigenvalue weighted by molar-refractivity contribution is -0.374. The van der Waals surface area contributed by atoms with Gasteiger partial charge >= 0.3 is 36.2 Å². The molecular weight excluding hydrogens is 714 g/mol. The van der Waals surface area contributed by atoms with Crippen LogP contribution in [0.15, 0.2) is 0 Å². The first-order valence-electron chi connectivity index (χ1n) is 18.9. The van der Waals surface area contributed by atoms with Gasteiger partial charge in [-0.25, -0.2) is 0 Å². The quantitative estimate of drug-likeness (QED) is 0.0940. The summed E-state index contributed by atoms with van der Waals surface area (Å²) in [6, 6.07) is 0. The average Bonchev–Trinajstić information content (AvgIpc) is 3.79. The van der Waals surface area contributed by atoms with Crippen LogP contribution in [0.4, 0.5) is 26.3 Å². The number of ether oxygens (including phenoxy) is 4. The Labute approximate surface area is 307 Å². The molecule has 8 atom stereocenters. The molecule has 0 aromatic rings. The van der Waals surface area contributed by atoms with Crippen LogP contribution >= 0.6 is 0 Å². The van der Waals surface area contributed by atoms with Crippen molar-refractivity contribution >= 4 is 23.9 Å². The number of carbonyl (C=O) groups excluding carboxylic acids is 4. The molecule has 1 aliphatic heterocycles. The minimum Gasteiger partial charge on any atom is -0.462 e. The van der Waals surface area contributed by atoms with Crippen LogP contribution in [0.3, 0.4) is 0 Å². The molecule has 0 amide bonds. The highest BCUT2D eigenvalue weighted by Crippen LogP contribution is 2.57. The maximum Gasteiger partial charge on any atom is 0.426 e. The normalized spacial score (nSPS) is 28.3. The van der Waals surface area contributed by atoms with Crippen LogP contribution in [0.2, 0.25) is 0 Å². The molecule has 4 aliphatic rings. The second-order valence-corrected chi connectivity index (χ2v) is 17.8. The fourth-order valence-corrected chi connectivity index (χ4v) is 9.39. The highest BCUT2D eigenvalue weighted by Gasteiger charge is 2.71. The summed E-state index contributed by atoms with van der Waals surface area (Å²) in [5.74, 6) is -3.90. The Bertz CT molecular complexity index is 1370. The van der Waals surface area contributed by atoms with Crippen molar-refractivity contribution in [3.05, 3.63) is 0 Å². The molecule has 304 valence electrons. The number of alkyl halides is 6. The van der Waals surface area contributed by atoms with Crippen molar-refractivity contribution in [2.45, 2.75) is 174 Å². The van der Waals surface area contributed by atoms with Crippen LogP contribution in [0, 0.1) is 39.9 Å². The largest absolute Gasteiger partial charge is 0.462 e. The number of hydrogen-bond donors (Lipinski definition) is 1. The van der Waals surface area contributed by atoms with Gasteiger partial charge in [-0.2, -0.15) is 26.3 Å². The molecule has 9 nitrogen and oxygen atoms in total. The van der Waals surface area contributed by atoms with Gasteiger partial charge in [-0.05, 0) is 104 Å². The summed E-state index contributed by atoms with van der Waals surface area (Å²) in [4.78, 5) is 54.7. The van der Waals surface area contributed by atoms with Crippen molar-refractivity contribution in [3.63, 3.8) is 0 Å². The van der Waals surface area contributed by atoms with E-state index in [1.165, 1.54) is 34.6 Å². The van der Waals surface area contributed by atoms with Crippen molar-refractivity contribution in [1.29, 1.82) is 0 Å².